The number of anilines is 4. The van der Waals surface area contributed by atoms with Crippen LogP contribution in [-0.4, -0.2) is 17.0 Å². The molecule has 0 bridgehead atoms. The summed E-state index contributed by atoms with van der Waals surface area (Å²) in [6.45, 7) is 2.60. The molecule has 0 amide bonds. The predicted molar refractivity (Wildman–Crippen MR) is 143 cm³/mol. The van der Waals surface area contributed by atoms with Gasteiger partial charge in [0.2, 0.25) is 0 Å². The quantitative estimate of drug-likeness (QED) is 0.291. The van der Waals surface area contributed by atoms with Crippen LogP contribution >= 0.6 is 23.2 Å². The number of nitrogens with zero attached hydrogens (tertiary/aromatic N) is 4. The van der Waals surface area contributed by atoms with E-state index in [0.717, 1.165) is 27.9 Å². The maximum absolute atomic E-state index is 9.85. The average Bonchev–Trinajstić information content (AvgIpc) is 2.85. The number of nitrogen functional groups attached to an aromatic ring is 1. The Morgan fingerprint density at radius 1 is 1.06 bits per heavy atom. The molecule has 0 spiro atoms. The number of nitrogens with two attached hydrogens (primary N) is 1. The lowest BCUT2D eigenvalue weighted by Crippen LogP contribution is -2.20. The minimum Gasteiger partial charge on any atom is -0.393 e. The van der Waals surface area contributed by atoms with Crippen LogP contribution in [0.15, 0.2) is 73.1 Å². The normalized spacial score (nSPS) is 11.5. The zero-order chi connectivity index (χ0) is 24.9. The maximum atomic E-state index is 9.85. The van der Waals surface area contributed by atoms with Gasteiger partial charge in [-0.1, -0.05) is 71.7 Å². The summed E-state index contributed by atoms with van der Waals surface area (Å²) in [4.78, 5) is 10.7. The molecular formula is C27H24Cl2N6. The molecule has 0 saturated heterocycles. The van der Waals surface area contributed by atoms with Crippen molar-refractivity contribution < 1.29 is 0 Å². The monoisotopic (exact) mass is 502 g/mol. The van der Waals surface area contributed by atoms with Crippen molar-refractivity contribution in [2.45, 2.75) is 19.4 Å². The fourth-order valence-electron chi connectivity index (χ4n) is 3.89. The smallest absolute Gasteiger partial charge is 0.159 e. The van der Waals surface area contributed by atoms with Crippen LogP contribution in [0.1, 0.15) is 28.2 Å². The predicted octanol–water partition coefficient (Wildman–Crippen LogP) is 6.71. The van der Waals surface area contributed by atoms with Crippen LogP contribution in [0, 0.1) is 18.3 Å². The van der Waals surface area contributed by atoms with E-state index in [1.807, 2.05) is 55.3 Å². The molecule has 1 atom stereocenters. The lowest BCUT2D eigenvalue weighted by molar-refractivity contribution is 0.894. The van der Waals surface area contributed by atoms with Gasteiger partial charge in [0, 0.05) is 29.3 Å². The van der Waals surface area contributed by atoms with Gasteiger partial charge in [-0.05, 0) is 47.4 Å². The van der Waals surface area contributed by atoms with Gasteiger partial charge in [0.05, 0.1) is 12.0 Å². The number of aromatic nitrogens is 2. The molecule has 3 N–H and O–H groups in total. The van der Waals surface area contributed by atoms with Crippen molar-refractivity contribution in [1.29, 1.82) is 5.26 Å². The summed E-state index contributed by atoms with van der Waals surface area (Å²) in [6.07, 6.45) is 1.48. The Bertz CT molecular complexity index is 1370. The van der Waals surface area contributed by atoms with E-state index in [4.69, 9.17) is 28.9 Å². The van der Waals surface area contributed by atoms with E-state index >= 15 is 0 Å². The Balaban J connectivity index is 1.60. The summed E-state index contributed by atoms with van der Waals surface area (Å²) in [5.74, 6) is 0.588. The molecule has 1 aromatic heterocycles. The van der Waals surface area contributed by atoms with E-state index in [0.29, 0.717) is 33.9 Å². The Kier molecular flexibility index (Phi) is 7.40. The molecule has 4 aromatic rings. The standard InChI is InChI=1S/C27H24Cl2N6/c1-17-12-21(22(14-30)19-8-10-20(28)11-9-19)23(29)13-24(17)34-26-25(31)27(33-16-32-26)35(2)15-18-6-4-3-5-7-18/h3-13,16,22H,15,31H2,1-2H3,(H,32,33,34). The Morgan fingerprint density at radius 2 is 1.77 bits per heavy atom. The topological polar surface area (TPSA) is 90.9 Å². The summed E-state index contributed by atoms with van der Waals surface area (Å²) in [5.41, 5.74) is 11.2. The Hall–Kier alpha value is -3.79. The first-order chi connectivity index (χ1) is 16.9. The summed E-state index contributed by atoms with van der Waals surface area (Å²) in [7, 11) is 1.94. The van der Waals surface area contributed by atoms with Gasteiger partial charge in [0.25, 0.3) is 0 Å². The molecule has 0 saturated carbocycles. The van der Waals surface area contributed by atoms with Crippen molar-refractivity contribution in [3.63, 3.8) is 0 Å². The van der Waals surface area contributed by atoms with Gasteiger partial charge < -0.3 is 16.0 Å². The third-order valence-corrected chi connectivity index (χ3v) is 6.31. The molecule has 0 aliphatic carbocycles. The van der Waals surface area contributed by atoms with E-state index < -0.39 is 5.92 Å². The van der Waals surface area contributed by atoms with Gasteiger partial charge >= 0.3 is 0 Å². The molecule has 35 heavy (non-hydrogen) atoms. The van der Waals surface area contributed by atoms with Gasteiger partial charge in [-0.15, -0.1) is 0 Å². The number of hydrogen-bond donors (Lipinski definition) is 2. The molecule has 8 heteroatoms. The largest absolute Gasteiger partial charge is 0.393 e. The molecule has 6 nitrogen and oxygen atoms in total. The van der Waals surface area contributed by atoms with Crippen LogP contribution in [0.4, 0.5) is 23.0 Å². The van der Waals surface area contributed by atoms with Crippen molar-refractivity contribution >= 4 is 46.2 Å². The molecule has 3 aromatic carbocycles. The highest BCUT2D eigenvalue weighted by Crippen LogP contribution is 2.36. The minimum atomic E-state index is -0.519. The van der Waals surface area contributed by atoms with Gasteiger partial charge in [0.15, 0.2) is 11.6 Å². The number of benzene rings is 3. The van der Waals surface area contributed by atoms with E-state index in [1.54, 1.807) is 18.2 Å². The van der Waals surface area contributed by atoms with Gasteiger partial charge in [-0.3, -0.25) is 0 Å². The highest BCUT2D eigenvalue weighted by Gasteiger charge is 2.19. The maximum Gasteiger partial charge on any atom is 0.159 e. The molecule has 0 aliphatic rings. The van der Waals surface area contributed by atoms with Crippen molar-refractivity contribution in [3.05, 3.63) is 105 Å². The van der Waals surface area contributed by atoms with Crippen molar-refractivity contribution in [1.82, 2.24) is 9.97 Å². The summed E-state index contributed by atoms with van der Waals surface area (Å²) < 4.78 is 0. The third-order valence-electron chi connectivity index (χ3n) is 5.73. The summed E-state index contributed by atoms with van der Waals surface area (Å²) in [6, 6.07) is 23.3. The highest BCUT2D eigenvalue weighted by atomic mass is 35.5. The lowest BCUT2D eigenvalue weighted by atomic mass is 9.91. The number of nitrogens with one attached hydrogen (secondary N) is 1. The first kappa shape index (κ1) is 24.3. The number of halogens is 2. The minimum absolute atomic E-state index is 0.432. The van der Waals surface area contributed by atoms with Crippen LogP contribution in [-0.2, 0) is 6.54 Å². The van der Waals surface area contributed by atoms with Gasteiger partial charge in [-0.2, -0.15) is 5.26 Å². The van der Waals surface area contributed by atoms with Crippen molar-refractivity contribution in [2.75, 3.05) is 23.0 Å². The van der Waals surface area contributed by atoms with Gasteiger partial charge in [0.1, 0.15) is 12.0 Å². The SMILES string of the molecule is Cc1cc(C(C#N)c2ccc(Cl)cc2)c(Cl)cc1Nc1ncnc(N(C)Cc2ccccc2)c1N. The second-order valence-electron chi connectivity index (χ2n) is 8.23. The Morgan fingerprint density at radius 3 is 2.46 bits per heavy atom. The molecule has 0 radical (unpaired) electrons. The van der Waals surface area contributed by atoms with Crippen LogP contribution < -0.4 is 16.0 Å². The molecule has 1 heterocycles. The first-order valence-corrected chi connectivity index (χ1v) is 11.7. The van der Waals surface area contributed by atoms with Crippen molar-refractivity contribution in [2.24, 2.45) is 0 Å². The second kappa shape index (κ2) is 10.6. The van der Waals surface area contributed by atoms with E-state index in [2.05, 4.69) is 33.5 Å². The zero-order valence-electron chi connectivity index (χ0n) is 19.3. The highest BCUT2D eigenvalue weighted by molar-refractivity contribution is 6.32. The molecule has 1 unspecified atom stereocenters. The van der Waals surface area contributed by atoms with Crippen LogP contribution in [0.2, 0.25) is 10.0 Å². The average molecular weight is 503 g/mol. The lowest BCUT2D eigenvalue weighted by Gasteiger charge is -2.22. The number of rotatable bonds is 7. The summed E-state index contributed by atoms with van der Waals surface area (Å²) in [5, 5.41) is 14.2. The van der Waals surface area contributed by atoms with Crippen LogP contribution in [0.5, 0.6) is 0 Å². The van der Waals surface area contributed by atoms with E-state index in [-0.39, 0.29) is 0 Å². The number of aryl methyl sites for hydroxylation is 1. The molecule has 176 valence electrons. The molecule has 4 rings (SSSR count). The number of nitriles is 1. The molecular weight excluding hydrogens is 479 g/mol. The fraction of sp³-hybridized carbons (Fsp3) is 0.148. The second-order valence-corrected chi connectivity index (χ2v) is 9.07. The first-order valence-electron chi connectivity index (χ1n) is 10.9. The van der Waals surface area contributed by atoms with Gasteiger partial charge in [-0.25, -0.2) is 9.97 Å². The van der Waals surface area contributed by atoms with Crippen LogP contribution in [0.3, 0.4) is 0 Å². The molecule has 0 fully saturated rings. The number of hydrogen-bond acceptors (Lipinski definition) is 6. The Labute approximate surface area is 215 Å². The fourth-order valence-corrected chi connectivity index (χ4v) is 4.29. The van der Waals surface area contributed by atoms with E-state index in [9.17, 15) is 5.26 Å². The van der Waals surface area contributed by atoms with E-state index in [1.165, 1.54) is 6.33 Å². The molecule has 0 aliphatic heterocycles. The summed E-state index contributed by atoms with van der Waals surface area (Å²) >= 11 is 12.6. The third kappa shape index (κ3) is 5.48. The van der Waals surface area contributed by atoms with Crippen molar-refractivity contribution in [3.8, 4) is 6.07 Å². The van der Waals surface area contributed by atoms with Crippen LogP contribution in [0.25, 0.3) is 0 Å². The zero-order valence-corrected chi connectivity index (χ0v) is 20.8.